The summed E-state index contributed by atoms with van der Waals surface area (Å²) in [5, 5.41) is 4.01. The van der Waals surface area contributed by atoms with E-state index in [1.54, 1.807) is 24.3 Å². The molecule has 3 rings (SSSR count). The topological polar surface area (TPSA) is 29.3 Å². The van der Waals surface area contributed by atoms with Gasteiger partial charge in [0.25, 0.3) is 0 Å². The van der Waals surface area contributed by atoms with Crippen LogP contribution >= 0.6 is 0 Å². The van der Waals surface area contributed by atoms with Crippen molar-refractivity contribution in [3.63, 3.8) is 0 Å². The number of aryl methyl sites for hydroxylation is 2. The van der Waals surface area contributed by atoms with Crippen LogP contribution in [0.3, 0.4) is 0 Å². The van der Waals surface area contributed by atoms with E-state index in [1.165, 1.54) is 24.3 Å². The molecule has 0 aliphatic carbocycles. The van der Waals surface area contributed by atoms with Crippen LogP contribution in [-0.4, -0.2) is 5.16 Å². The molecular weight excluding hydrogens is 310 g/mol. The van der Waals surface area contributed by atoms with Gasteiger partial charge in [-0.15, -0.1) is 0 Å². The second-order valence-corrected chi connectivity index (χ2v) is 5.78. The van der Waals surface area contributed by atoms with Gasteiger partial charge in [-0.2, -0.15) is 0 Å². The van der Waals surface area contributed by atoms with Crippen LogP contribution in [0.15, 0.2) is 53.1 Å². The number of hydrogen-bond acceptors (Lipinski definition) is 3. The average molecular weight is 328 g/mol. The Kier molecular flexibility index (Phi) is 4.60. The quantitative estimate of drug-likeness (QED) is 0.675. The maximum atomic E-state index is 13.1. The molecule has 0 saturated carbocycles. The van der Waals surface area contributed by atoms with Gasteiger partial charge in [-0.1, -0.05) is 29.4 Å². The first-order valence-electron chi connectivity index (χ1n) is 7.69. The summed E-state index contributed by atoms with van der Waals surface area (Å²) in [5.74, 6) is 0.194. The molecule has 3 aromatic rings. The normalized spacial score (nSPS) is 10.8. The Morgan fingerprint density at radius 1 is 0.833 bits per heavy atom. The van der Waals surface area contributed by atoms with Gasteiger partial charge in [-0.05, 0) is 49.2 Å². The summed E-state index contributed by atoms with van der Waals surface area (Å²) in [6, 6.07) is 12.8. The van der Waals surface area contributed by atoms with E-state index in [0.29, 0.717) is 13.1 Å². The van der Waals surface area contributed by atoms with Crippen LogP contribution in [0.4, 0.5) is 14.5 Å². The maximum absolute atomic E-state index is 13.1. The molecule has 0 N–H and O–H groups in total. The van der Waals surface area contributed by atoms with Gasteiger partial charge < -0.3 is 9.42 Å². The van der Waals surface area contributed by atoms with Crippen LogP contribution in [-0.2, 0) is 13.1 Å². The Morgan fingerprint density at radius 2 is 1.29 bits per heavy atom. The van der Waals surface area contributed by atoms with Crippen molar-refractivity contribution in [1.29, 1.82) is 0 Å². The van der Waals surface area contributed by atoms with Crippen molar-refractivity contribution in [2.75, 3.05) is 4.90 Å². The predicted octanol–water partition coefficient (Wildman–Crippen LogP) is 4.78. The summed E-state index contributed by atoms with van der Waals surface area (Å²) in [5.41, 5.74) is 3.64. The van der Waals surface area contributed by atoms with E-state index in [2.05, 4.69) is 10.1 Å². The second kappa shape index (κ2) is 6.83. The lowest BCUT2D eigenvalue weighted by molar-refractivity contribution is 0.393. The van der Waals surface area contributed by atoms with Gasteiger partial charge in [-0.25, -0.2) is 8.78 Å². The predicted molar refractivity (Wildman–Crippen MR) is 88.7 cm³/mol. The maximum Gasteiger partial charge on any atom is 0.157 e. The van der Waals surface area contributed by atoms with Crippen molar-refractivity contribution < 1.29 is 13.3 Å². The minimum atomic E-state index is -0.263. The first-order chi connectivity index (χ1) is 11.5. The van der Waals surface area contributed by atoms with Crippen LogP contribution in [0, 0.1) is 25.5 Å². The molecule has 0 aliphatic heterocycles. The summed E-state index contributed by atoms with van der Waals surface area (Å²) < 4.78 is 31.6. The average Bonchev–Trinajstić information content (AvgIpc) is 2.90. The lowest BCUT2D eigenvalue weighted by Crippen LogP contribution is -2.23. The van der Waals surface area contributed by atoms with Gasteiger partial charge in [0.1, 0.15) is 23.0 Å². The van der Waals surface area contributed by atoms with Crippen molar-refractivity contribution >= 4 is 5.69 Å². The summed E-state index contributed by atoms with van der Waals surface area (Å²) in [6.45, 7) is 4.88. The number of nitrogens with zero attached hydrogens (tertiary/aromatic N) is 2. The molecule has 5 heteroatoms. The lowest BCUT2D eigenvalue weighted by atomic mass is 10.1. The third-order valence-electron chi connectivity index (χ3n) is 3.89. The molecule has 0 fully saturated rings. The van der Waals surface area contributed by atoms with Gasteiger partial charge in [-0.3, -0.25) is 0 Å². The molecular formula is C19H18F2N2O. The summed E-state index contributed by atoms with van der Waals surface area (Å²) in [6.07, 6.45) is 0. The van der Waals surface area contributed by atoms with Crippen LogP contribution in [0.1, 0.15) is 22.6 Å². The number of anilines is 1. The van der Waals surface area contributed by atoms with Crippen LogP contribution < -0.4 is 4.90 Å². The van der Waals surface area contributed by atoms with E-state index in [1.807, 2.05) is 13.8 Å². The zero-order valence-electron chi connectivity index (χ0n) is 13.6. The van der Waals surface area contributed by atoms with Crippen LogP contribution in [0.2, 0.25) is 0 Å². The molecule has 0 bridgehead atoms. The summed E-state index contributed by atoms with van der Waals surface area (Å²) in [4.78, 5) is 2.10. The first kappa shape index (κ1) is 16.2. The van der Waals surface area contributed by atoms with E-state index in [9.17, 15) is 8.78 Å². The largest absolute Gasteiger partial charge is 0.359 e. The molecule has 0 aliphatic rings. The zero-order valence-corrected chi connectivity index (χ0v) is 13.6. The molecule has 124 valence electrons. The van der Waals surface area contributed by atoms with Gasteiger partial charge >= 0.3 is 0 Å². The summed E-state index contributed by atoms with van der Waals surface area (Å²) in [7, 11) is 0. The van der Waals surface area contributed by atoms with Crippen molar-refractivity contribution in [2.45, 2.75) is 26.9 Å². The standard InChI is InChI=1S/C19H18F2N2O/c1-13-19(14(2)24-22-13)23(11-15-3-7-17(20)8-4-15)12-16-5-9-18(21)10-6-16/h3-10H,11-12H2,1-2H3. The SMILES string of the molecule is Cc1noc(C)c1N(Cc1ccc(F)cc1)Cc1ccc(F)cc1. The van der Waals surface area contributed by atoms with E-state index >= 15 is 0 Å². The van der Waals surface area contributed by atoms with Gasteiger partial charge in [0.05, 0.1) is 0 Å². The van der Waals surface area contributed by atoms with Crippen molar-refractivity contribution in [1.82, 2.24) is 5.16 Å². The molecule has 0 saturated heterocycles. The Morgan fingerprint density at radius 3 is 1.67 bits per heavy atom. The molecule has 0 atom stereocenters. The monoisotopic (exact) mass is 328 g/mol. The fraction of sp³-hybridized carbons (Fsp3) is 0.211. The van der Waals surface area contributed by atoms with E-state index in [4.69, 9.17) is 4.52 Å². The molecule has 0 spiro atoms. The fourth-order valence-electron chi connectivity index (χ4n) is 2.76. The highest BCUT2D eigenvalue weighted by Crippen LogP contribution is 2.27. The smallest absolute Gasteiger partial charge is 0.157 e. The highest BCUT2D eigenvalue weighted by molar-refractivity contribution is 5.53. The fourth-order valence-corrected chi connectivity index (χ4v) is 2.76. The molecule has 3 nitrogen and oxygen atoms in total. The van der Waals surface area contributed by atoms with E-state index in [-0.39, 0.29) is 11.6 Å². The number of halogens is 2. The Hall–Kier alpha value is -2.69. The van der Waals surface area contributed by atoms with Gasteiger partial charge in [0.2, 0.25) is 0 Å². The number of rotatable bonds is 5. The Bertz CT molecular complexity index is 743. The number of hydrogen-bond donors (Lipinski definition) is 0. The lowest BCUT2D eigenvalue weighted by Gasteiger charge is -2.24. The minimum absolute atomic E-state index is 0.263. The Labute approximate surface area is 139 Å². The van der Waals surface area contributed by atoms with Crippen LogP contribution in [0.25, 0.3) is 0 Å². The molecule has 2 aromatic carbocycles. The third-order valence-corrected chi connectivity index (χ3v) is 3.89. The minimum Gasteiger partial charge on any atom is -0.359 e. The van der Waals surface area contributed by atoms with Crippen LogP contribution in [0.5, 0.6) is 0 Å². The van der Waals surface area contributed by atoms with E-state index in [0.717, 1.165) is 28.3 Å². The first-order valence-corrected chi connectivity index (χ1v) is 7.69. The number of benzene rings is 2. The van der Waals surface area contributed by atoms with Gasteiger partial charge in [0.15, 0.2) is 5.76 Å². The molecule has 1 aromatic heterocycles. The molecule has 0 radical (unpaired) electrons. The van der Waals surface area contributed by atoms with Gasteiger partial charge in [0, 0.05) is 13.1 Å². The highest BCUT2D eigenvalue weighted by Gasteiger charge is 2.18. The van der Waals surface area contributed by atoms with Crippen molar-refractivity contribution in [3.8, 4) is 0 Å². The third kappa shape index (κ3) is 3.62. The highest BCUT2D eigenvalue weighted by atomic mass is 19.1. The molecule has 0 unspecified atom stereocenters. The molecule has 24 heavy (non-hydrogen) atoms. The zero-order chi connectivity index (χ0) is 17.1. The molecule has 0 amide bonds. The summed E-state index contributed by atoms with van der Waals surface area (Å²) >= 11 is 0. The van der Waals surface area contributed by atoms with Crippen molar-refractivity contribution in [3.05, 3.63) is 82.7 Å². The van der Waals surface area contributed by atoms with Crippen molar-refractivity contribution in [2.24, 2.45) is 0 Å². The Balaban J connectivity index is 1.91. The second-order valence-electron chi connectivity index (χ2n) is 5.78. The number of aromatic nitrogens is 1. The molecule has 1 heterocycles. The van der Waals surface area contributed by atoms with E-state index < -0.39 is 0 Å².